The molecule has 0 aromatic heterocycles. The van der Waals surface area contributed by atoms with Crippen LogP contribution in [0, 0.1) is 6.92 Å². The molecule has 3 aromatic carbocycles. The summed E-state index contributed by atoms with van der Waals surface area (Å²) in [5.74, 6) is 0.453. The first-order valence-corrected chi connectivity index (χ1v) is 8.42. The lowest BCUT2D eigenvalue weighted by molar-refractivity contribution is 0.104. The molecule has 0 heterocycles. The molecular weight excluding hydrogens is 340 g/mol. The Bertz CT molecular complexity index is 1040. The second kappa shape index (κ2) is 8.15. The van der Waals surface area contributed by atoms with Crippen molar-refractivity contribution in [3.8, 4) is 17.2 Å². The molecule has 4 heteroatoms. The summed E-state index contributed by atoms with van der Waals surface area (Å²) in [4.78, 5) is 24.1. The summed E-state index contributed by atoms with van der Waals surface area (Å²) in [5, 5.41) is 9.94. The fourth-order valence-corrected chi connectivity index (χ4v) is 2.48. The molecule has 0 aliphatic heterocycles. The lowest BCUT2D eigenvalue weighted by atomic mass is 10.1. The van der Waals surface area contributed by atoms with Crippen LogP contribution in [0.25, 0.3) is 6.08 Å². The predicted octanol–water partition coefficient (Wildman–Crippen LogP) is 4.75. The van der Waals surface area contributed by atoms with Crippen LogP contribution in [0.1, 0.15) is 21.5 Å². The van der Waals surface area contributed by atoms with Crippen LogP contribution in [0.2, 0.25) is 0 Å². The first-order chi connectivity index (χ1) is 13.0. The van der Waals surface area contributed by atoms with Crippen molar-refractivity contribution in [2.75, 3.05) is 0 Å². The molecule has 3 rings (SSSR count). The maximum Gasteiger partial charge on any atom is 0.220 e. The Morgan fingerprint density at radius 1 is 0.926 bits per heavy atom. The van der Waals surface area contributed by atoms with Gasteiger partial charge in [0, 0.05) is 0 Å². The molecule has 0 radical (unpaired) electrons. The number of ketones is 1. The summed E-state index contributed by atoms with van der Waals surface area (Å²) in [6.07, 6.45) is 2.96. The quantitative estimate of drug-likeness (QED) is 0.528. The third kappa shape index (κ3) is 4.70. The van der Waals surface area contributed by atoms with Crippen LogP contribution in [-0.4, -0.2) is 10.9 Å². The van der Waals surface area contributed by atoms with Gasteiger partial charge in [0.2, 0.25) is 5.43 Å². The Labute approximate surface area is 157 Å². The van der Waals surface area contributed by atoms with E-state index in [1.807, 2.05) is 42.5 Å². The van der Waals surface area contributed by atoms with Crippen molar-refractivity contribution >= 4 is 11.9 Å². The predicted molar refractivity (Wildman–Crippen MR) is 105 cm³/mol. The van der Waals surface area contributed by atoms with E-state index in [0.29, 0.717) is 11.3 Å². The highest BCUT2D eigenvalue weighted by Gasteiger charge is 2.10. The number of hydrogen-bond acceptors (Lipinski definition) is 4. The van der Waals surface area contributed by atoms with Crippen molar-refractivity contribution in [1.29, 1.82) is 0 Å². The molecule has 0 fully saturated rings. The minimum absolute atomic E-state index is 0.0113. The van der Waals surface area contributed by atoms with Gasteiger partial charge in [-0.05, 0) is 55.0 Å². The molecule has 0 aliphatic rings. The average Bonchev–Trinajstić information content (AvgIpc) is 2.81. The summed E-state index contributed by atoms with van der Waals surface area (Å²) in [6.45, 7) is 1.75. The third-order valence-corrected chi connectivity index (χ3v) is 3.91. The van der Waals surface area contributed by atoms with Gasteiger partial charge in [-0.3, -0.25) is 9.59 Å². The number of allylic oxidation sites excluding steroid dienone is 1. The smallest absolute Gasteiger partial charge is 0.220 e. The van der Waals surface area contributed by atoms with Gasteiger partial charge in [0.1, 0.15) is 11.5 Å². The van der Waals surface area contributed by atoms with Crippen molar-refractivity contribution in [3.63, 3.8) is 0 Å². The zero-order valence-electron chi connectivity index (χ0n) is 14.8. The molecule has 0 spiro atoms. The average molecular weight is 358 g/mol. The molecule has 0 unspecified atom stereocenters. The molecule has 27 heavy (non-hydrogen) atoms. The van der Waals surface area contributed by atoms with E-state index >= 15 is 0 Å². The molecule has 0 amide bonds. The van der Waals surface area contributed by atoms with E-state index in [-0.39, 0.29) is 5.56 Å². The maximum atomic E-state index is 12.4. The monoisotopic (exact) mass is 358 g/mol. The van der Waals surface area contributed by atoms with E-state index < -0.39 is 17.0 Å². The summed E-state index contributed by atoms with van der Waals surface area (Å²) < 4.78 is 5.72. The number of rotatable bonds is 5. The molecule has 0 aliphatic carbocycles. The number of carbonyl (C=O) groups is 1. The second-order valence-corrected chi connectivity index (χ2v) is 6.03. The number of benzene rings is 2. The van der Waals surface area contributed by atoms with Crippen molar-refractivity contribution in [2.24, 2.45) is 0 Å². The number of carbonyl (C=O) groups excluding carboxylic acids is 1. The SMILES string of the molecule is Cc1ccc(=O)c(O)c(C(=O)/C=C/c2ccc(Oc3ccccc3)cc2)c1. The van der Waals surface area contributed by atoms with Crippen molar-refractivity contribution in [3.05, 3.63) is 106 Å². The zero-order chi connectivity index (χ0) is 19.2. The molecule has 134 valence electrons. The lowest BCUT2D eigenvalue weighted by Crippen LogP contribution is -2.01. The normalized spacial score (nSPS) is 10.7. The Balaban J connectivity index is 1.76. The third-order valence-electron chi connectivity index (χ3n) is 3.91. The Hall–Kier alpha value is -3.66. The summed E-state index contributed by atoms with van der Waals surface area (Å²) in [5.41, 5.74) is 0.916. The second-order valence-electron chi connectivity index (χ2n) is 6.03. The summed E-state index contributed by atoms with van der Waals surface area (Å²) >= 11 is 0. The van der Waals surface area contributed by atoms with Gasteiger partial charge in [-0.1, -0.05) is 48.0 Å². The number of para-hydroxylation sites is 1. The van der Waals surface area contributed by atoms with Gasteiger partial charge in [0.25, 0.3) is 0 Å². The number of aromatic hydroxyl groups is 1. The standard InChI is InChI=1S/C23H18O4/c1-16-7-13-22(25)23(26)20(15-16)21(24)14-10-17-8-11-19(12-9-17)27-18-5-3-2-4-6-18/h2-15H,1H3,(H,25,26)/b14-10+. The highest BCUT2D eigenvalue weighted by Crippen LogP contribution is 2.21. The zero-order valence-corrected chi connectivity index (χ0v) is 14.8. The first kappa shape index (κ1) is 18.1. The van der Waals surface area contributed by atoms with E-state index in [2.05, 4.69) is 0 Å². The highest BCUT2D eigenvalue weighted by atomic mass is 16.5. The lowest BCUT2D eigenvalue weighted by Gasteiger charge is -2.05. The molecule has 0 saturated carbocycles. The Morgan fingerprint density at radius 3 is 2.30 bits per heavy atom. The fraction of sp³-hybridized carbons (Fsp3) is 0.0435. The molecule has 0 bridgehead atoms. The summed E-state index contributed by atoms with van der Waals surface area (Å²) in [6, 6.07) is 21.0. The molecule has 0 saturated heterocycles. The first-order valence-electron chi connectivity index (χ1n) is 8.42. The Kier molecular flexibility index (Phi) is 5.47. The van der Waals surface area contributed by atoms with Crippen LogP contribution in [0.3, 0.4) is 0 Å². The van der Waals surface area contributed by atoms with E-state index in [1.165, 1.54) is 18.2 Å². The minimum atomic E-state index is -0.581. The van der Waals surface area contributed by atoms with Gasteiger partial charge in [-0.25, -0.2) is 0 Å². The van der Waals surface area contributed by atoms with Crippen LogP contribution in [0.5, 0.6) is 17.2 Å². The van der Waals surface area contributed by atoms with Crippen molar-refractivity contribution < 1.29 is 14.6 Å². The van der Waals surface area contributed by atoms with Gasteiger partial charge in [-0.15, -0.1) is 0 Å². The van der Waals surface area contributed by atoms with Gasteiger partial charge in [0.15, 0.2) is 11.5 Å². The van der Waals surface area contributed by atoms with E-state index in [9.17, 15) is 14.7 Å². The van der Waals surface area contributed by atoms with Crippen LogP contribution < -0.4 is 10.2 Å². The largest absolute Gasteiger partial charge is 0.504 e. The topological polar surface area (TPSA) is 63.6 Å². The van der Waals surface area contributed by atoms with E-state index in [0.717, 1.165) is 11.3 Å². The van der Waals surface area contributed by atoms with E-state index in [4.69, 9.17) is 4.74 Å². The number of aryl methyl sites for hydroxylation is 1. The minimum Gasteiger partial charge on any atom is -0.504 e. The molecule has 0 atom stereocenters. The number of ether oxygens (including phenoxy) is 1. The molecular formula is C23H18O4. The van der Waals surface area contributed by atoms with Gasteiger partial charge in [-0.2, -0.15) is 0 Å². The van der Waals surface area contributed by atoms with Crippen LogP contribution in [0.15, 0.2) is 83.7 Å². The fourth-order valence-electron chi connectivity index (χ4n) is 2.48. The summed E-state index contributed by atoms with van der Waals surface area (Å²) in [7, 11) is 0. The maximum absolute atomic E-state index is 12.4. The molecule has 1 N–H and O–H groups in total. The van der Waals surface area contributed by atoms with Crippen LogP contribution >= 0.6 is 0 Å². The van der Waals surface area contributed by atoms with Crippen LogP contribution in [-0.2, 0) is 0 Å². The Morgan fingerprint density at radius 2 is 1.59 bits per heavy atom. The highest BCUT2D eigenvalue weighted by molar-refractivity contribution is 6.08. The number of hydrogen-bond donors (Lipinski definition) is 1. The van der Waals surface area contributed by atoms with Gasteiger partial charge < -0.3 is 9.84 Å². The molecule has 3 aromatic rings. The van der Waals surface area contributed by atoms with Gasteiger partial charge in [0.05, 0.1) is 5.56 Å². The van der Waals surface area contributed by atoms with Gasteiger partial charge >= 0.3 is 0 Å². The van der Waals surface area contributed by atoms with Crippen molar-refractivity contribution in [2.45, 2.75) is 6.92 Å². The van der Waals surface area contributed by atoms with E-state index in [1.54, 1.807) is 31.2 Å². The van der Waals surface area contributed by atoms with Crippen molar-refractivity contribution in [1.82, 2.24) is 0 Å². The van der Waals surface area contributed by atoms with Crippen LogP contribution in [0.4, 0.5) is 0 Å². The molecule has 4 nitrogen and oxygen atoms in total.